The largest absolute Gasteiger partial charge is 0.469 e. The van der Waals surface area contributed by atoms with Gasteiger partial charge in [-0.25, -0.2) is 40.6 Å². The number of aliphatic hydroxyl groups is 2. The summed E-state index contributed by atoms with van der Waals surface area (Å²) < 4.78 is 113. The van der Waals surface area contributed by atoms with E-state index < -0.39 is 139 Å². The van der Waals surface area contributed by atoms with Crippen molar-refractivity contribution in [1.82, 2.24) is 9.78 Å². The highest BCUT2D eigenvalue weighted by atomic mass is 35.5. The fourth-order valence-electron chi connectivity index (χ4n) is 9.43. The highest BCUT2D eigenvalue weighted by Gasteiger charge is 2.32. The topological polar surface area (TPSA) is 456 Å². The normalized spacial score (nSPS) is 10.7. The van der Waals surface area contributed by atoms with Crippen LogP contribution in [0, 0.1) is 62.1 Å². The van der Waals surface area contributed by atoms with Crippen LogP contribution in [0.4, 0.5) is 64.4 Å². The first kappa shape index (κ1) is 99.6. The molecule has 0 aliphatic carbocycles. The molecule has 31 nitrogen and oxygen atoms in total. The van der Waals surface area contributed by atoms with Crippen LogP contribution < -0.4 is 31.6 Å². The number of Topliss-reactive ketones (excluding diaryl/α,β-unsaturated/α-hetero) is 3. The van der Waals surface area contributed by atoms with E-state index in [0.29, 0.717) is 41.3 Å². The number of carbonyl (C=O) groups excluding carboxylic acids is 10. The number of ketones is 3. The lowest BCUT2D eigenvalue weighted by Gasteiger charge is -2.14. The number of aliphatic hydroxyl groups excluding tert-OH is 2. The van der Waals surface area contributed by atoms with Gasteiger partial charge in [0.2, 0.25) is 0 Å². The van der Waals surface area contributed by atoms with Crippen LogP contribution in [0.1, 0.15) is 84.5 Å². The Morgan fingerprint density at radius 2 is 0.872 bits per heavy atom. The van der Waals surface area contributed by atoms with Crippen LogP contribution in [0.2, 0.25) is 5.02 Å². The average Bonchev–Trinajstić information content (AvgIpc) is 1.57. The maximum absolute atomic E-state index is 14.3. The van der Waals surface area contributed by atoms with Gasteiger partial charge in [0.15, 0.2) is 11.6 Å². The number of nitrogens with zero attached hydrogens (tertiary/aromatic N) is 4. The number of carbonyl (C=O) groups is 10. The monoisotopic (exact) mass is 1680 g/mol. The van der Waals surface area contributed by atoms with E-state index in [1.807, 2.05) is 41.9 Å². The van der Waals surface area contributed by atoms with E-state index in [9.17, 15) is 94.5 Å². The van der Waals surface area contributed by atoms with Crippen molar-refractivity contribution in [2.75, 3.05) is 65.1 Å². The maximum Gasteiger partial charge on any atom is 0.417 e. The summed E-state index contributed by atoms with van der Waals surface area (Å²) in [6.07, 6.45) is -1.85. The second-order valence-electron chi connectivity index (χ2n) is 23.2. The Hall–Kier alpha value is -13.5. The van der Waals surface area contributed by atoms with Crippen LogP contribution in [-0.4, -0.2) is 138 Å². The lowest BCUT2D eigenvalue weighted by molar-refractivity contribution is -0.385. The van der Waals surface area contributed by atoms with Crippen molar-refractivity contribution in [2.24, 2.45) is 5.73 Å². The molecule has 39 heteroatoms. The number of nitrogen functional groups attached to an aromatic ring is 1. The molecule has 624 valence electrons. The van der Waals surface area contributed by atoms with Crippen LogP contribution >= 0.6 is 24.0 Å². The third kappa shape index (κ3) is 32.9. The summed E-state index contributed by atoms with van der Waals surface area (Å²) in [5.41, 5.74) is 13.4. The summed E-state index contributed by atoms with van der Waals surface area (Å²) in [6, 6.07) is 42.7. The third-order valence-corrected chi connectivity index (χ3v) is 15.2. The molecular formula is C78H78Cl2F6N8O23. The molecule has 9 rings (SSSR count). The maximum atomic E-state index is 14.3. The zero-order valence-corrected chi connectivity index (χ0v) is 65.0. The van der Waals surface area contributed by atoms with Gasteiger partial charge in [0.05, 0.1) is 87.8 Å². The molecule has 0 aliphatic heterocycles. The van der Waals surface area contributed by atoms with Gasteiger partial charge < -0.3 is 54.8 Å². The van der Waals surface area contributed by atoms with E-state index >= 15 is 0 Å². The number of anilines is 3. The van der Waals surface area contributed by atoms with E-state index in [2.05, 4.69) is 39.4 Å². The number of methoxy groups -OCH3 is 5. The molecule has 0 bridgehead atoms. The van der Waals surface area contributed by atoms with Crippen LogP contribution in [0.5, 0.6) is 11.5 Å². The van der Waals surface area contributed by atoms with Gasteiger partial charge in [-0.2, -0.15) is 5.10 Å². The van der Waals surface area contributed by atoms with Crippen LogP contribution in [0.15, 0.2) is 182 Å². The number of hydrogen-bond acceptors (Lipinski definition) is 26. The molecule has 0 saturated carbocycles. The summed E-state index contributed by atoms with van der Waals surface area (Å²) >= 11 is 5.92. The average molecular weight is 1680 g/mol. The Balaban J connectivity index is 0.000000472. The number of benzene rings is 8. The molecule has 0 radical (unpaired) electrons. The number of halogens is 8. The fraction of sp³-hybridized carbons (Fsp3) is 0.218. The van der Waals surface area contributed by atoms with E-state index in [4.69, 9.17) is 42.8 Å². The summed E-state index contributed by atoms with van der Waals surface area (Å²) in [4.78, 5) is 131. The molecule has 1 heterocycles. The van der Waals surface area contributed by atoms with E-state index in [-0.39, 0.29) is 71.4 Å². The Morgan fingerprint density at radius 1 is 0.487 bits per heavy atom. The number of rotatable bonds is 22. The number of nitro groups is 2. The first-order valence-corrected chi connectivity index (χ1v) is 33.7. The number of non-ortho nitro benzene ring substituents is 2. The molecule has 9 aromatic rings. The summed E-state index contributed by atoms with van der Waals surface area (Å²) in [5.74, 6) is -14.7. The number of hydrogen-bond donors (Lipinski definition) is 6. The molecular weight excluding hydrogens is 1600 g/mol. The van der Waals surface area contributed by atoms with Crippen molar-refractivity contribution in [3.05, 3.63) is 276 Å². The quantitative estimate of drug-likeness (QED) is 0.00698. The highest BCUT2D eigenvalue weighted by molar-refractivity contribution is 6.30. The molecule has 2 amide bonds. The number of esters is 5. The van der Waals surface area contributed by atoms with Gasteiger partial charge in [0.1, 0.15) is 76.3 Å². The molecule has 8 N–H and O–H groups in total. The van der Waals surface area contributed by atoms with E-state index in [1.165, 1.54) is 64.5 Å². The van der Waals surface area contributed by atoms with E-state index in [0.717, 1.165) is 81.7 Å². The Kier molecular flexibility index (Phi) is 43.1. The van der Waals surface area contributed by atoms with Crippen LogP contribution in [-0.2, 0) is 68.6 Å². The molecule has 3 atom stereocenters. The van der Waals surface area contributed by atoms with Crippen molar-refractivity contribution in [3.8, 4) is 17.2 Å². The minimum Gasteiger partial charge on any atom is -0.469 e. The number of aryl methyl sites for hydroxylation is 1. The Morgan fingerprint density at radius 3 is 1.22 bits per heavy atom. The second-order valence-corrected chi connectivity index (χ2v) is 23.6. The van der Waals surface area contributed by atoms with Gasteiger partial charge >= 0.3 is 42.0 Å². The van der Waals surface area contributed by atoms with Crippen LogP contribution in [0.25, 0.3) is 5.69 Å². The first-order chi connectivity index (χ1) is 54.9. The number of para-hydroxylation sites is 2. The van der Waals surface area contributed by atoms with Gasteiger partial charge in [-0.05, 0) is 130 Å². The lowest BCUT2D eigenvalue weighted by Crippen LogP contribution is -2.22. The van der Waals surface area contributed by atoms with Crippen molar-refractivity contribution < 1.29 is 128 Å². The summed E-state index contributed by atoms with van der Waals surface area (Å²) in [5, 5.41) is 48.4. The standard InChI is InChI=1S/C18H16FNO5.C16H16FNO4.C11H12ClN3.C11H10FNO5.C11H12FNO3.C6H3F2NO2.C5H8O4.ClH/c1-11(21)16(17(22)24-2)14-9-8-12(10-15(14)19)20-18(23)25-13-6-4-3-5-7-13;17-15-8-12(6-7-14(15)11(9-19)10-20)18-16(21)22-13-4-2-1-3-5-13;1-8-5-11(7-13)15(14-8)10-4-2-3-9(12)6-10;1-6(14)10(11(15)18-2)8-4-3-7(13(16)17)5-9(8)12;1-6(14)10(11(15)16-2)8-4-3-7(13)5-9(8)12;7-5-2-1-4(9(10)11)3-6(5)8;1-8-4(6)3-5(7)9-2;/h3-10,16H,1-2H3,(H,20,23);1-8,11,19-20H,9-10H2,(H,18,21);2-6H,7,13H2,1H3;3-5,10H,1-2H3;3-5,10H,13H2,1-2H3;1-3H;3H2,1-2H3;1H. The predicted molar refractivity (Wildman–Crippen MR) is 412 cm³/mol. The van der Waals surface area contributed by atoms with Crippen molar-refractivity contribution >= 4 is 112 Å². The number of amides is 2. The molecule has 0 fully saturated rings. The molecule has 1 aromatic heterocycles. The highest BCUT2D eigenvalue weighted by Crippen LogP contribution is 2.29. The predicted octanol–water partition coefficient (Wildman–Crippen LogP) is 12.9. The van der Waals surface area contributed by atoms with Gasteiger partial charge in [0, 0.05) is 63.4 Å². The first-order valence-electron chi connectivity index (χ1n) is 33.3. The van der Waals surface area contributed by atoms with Gasteiger partial charge in [-0.1, -0.05) is 72.3 Å². The van der Waals surface area contributed by atoms with E-state index in [1.54, 1.807) is 60.7 Å². The molecule has 8 aromatic carbocycles. The number of nitrogens with two attached hydrogens (primary N) is 2. The third-order valence-electron chi connectivity index (χ3n) is 15.0. The minimum absolute atomic E-state index is 0. The van der Waals surface area contributed by atoms with Crippen molar-refractivity contribution in [3.63, 3.8) is 0 Å². The number of nitrogens with one attached hydrogen (secondary N) is 2. The van der Waals surface area contributed by atoms with Gasteiger partial charge in [-0.3, -0.25) is 69.2 Å². The molecule has 117 heavy (non-hydrogen) atoms. The lowest BCUT2D eigenvalue weighted by atomic mass is 9.95. The number of nitro benzene ring substituents is 2. The number of ether oxygens (including phenoxy) is 7. The summed E-state index contributed by atoms with van der Waals surface area (Å²) in [7, 11) is 5.76. The number of aromatic nitrogens is 2. The van der Waals surface area contributed by atoms with Crippen LogP contribution in [0.3, 0.4) is 0 Å². The van der Waals surface area contributed by atoms with Crippen molar-refractivity contribution in [1.29, 1.82) is 0 Å². The summed E-state index contributed by atoms with van der Waals surface area (Å²) in [6.45, 7) is 5.17. The SMILES string of the molecule is COC(=O)C(C(C)=O)c1ccc(N)cc1F.COC(=O)C(C(C)=O)c1ccc(NC(=O)Oc2ccccc2)cc1F.COC(=O)C(C(C)=O)c1ccc([N+](=O)[O-])cc1F.COC(=O)CC(=O)OC.Cc1cc(CN)n(-c2cccc(Cl)c2)n1.Cl.O=C(Nc1ccc(C(CO)CO)c(F)c1)Oc1ccccc1.O=[N+]([O-])c1ccc(F)c(F)c1. The van der Waals surface area contributed by atoms with Gasteiger partial charge in [0.25, 0.3) is 11.4 Å². The zero-order valence-electron chi connectivity index (χ0n) is 63.4. The zero-order chi connectivity index (χ0) is 87.1. The Bertz CT molecular complexity index is 4900. The molecule has 0 aliphatic rings. The second kappa shape index (κ2) is 50.6. The Labute approximate surface area is 674 Å². The smallest absolute Gasteiger partial charge is 0.417 e. The van der Waals surface area contributed by atoms with Crippen molar-refractivity contribution in [2.45, 2.75) is 64.3 Å². The minimum atomic E-state index is -1.41. The molecule has 3 unspecified atom stereocenters. The molecule has 0 spiro atoms. The fourth-order valence-corrected chi connectivity index (χ4v) is 9.61. The molecule has 0 saturated heterocycles. The van der Waals surface area contributed by atoms with Gasteiger partial charge in [-0.15, -0.1) is 12.4 Å².